The van der Waals surface area contributed by atoms with E-state index in [1.165, 1.54) is 25.3 Å². The Hall–Kier alpha value is -7.20. The van der Waals surface area contributed by atoms with E-state index >= 15 is 0 Å². The summed E-state index contributed by atoms with van der Waals surface area (Å²) in [5.41, 5.74) is 11.0. The fourth-order valence-electron chi connectivity index (χ4n) is 6.54. The number of nitrogens with one attached hydrogen (secondary N) is 2. The molecule has 6 aromatic rings. The first-order valence-electron chi connectivity index (χ1n) is 20.3. The highest BCUT2D eigenvalue weighted by molar-refractivity contribution is 5.96. The van der Waals surface area contributed by atoms with Crippen LogP contribution in [0.2, 0.25) is 0 Å². The van der Waals surface area contributed by atoms with Crippen LogP contribution in [0.5, 0.6) is 11.5 Å². The van der Waals surface area contributed by atoms with Crippen LogP contribution in [0.4, 0.5) is 0 Å². The lowest BCUT2D eigenvalue weighted by Gasteiger charge is -2.12. The molecule has 320 valence electrons. The van der Waals surface area contributed by atoms with Crippen molar-refractivity contribution in [2.24, 2.45) is 0 Å². The number of benzene rings is 6. The normalized spacial score (nSPS) is 10.4. The first kappa shape index (κ1) is 45.9. The molecule has 0 bridgehead atoms. The van der Waals surface area contributed by atoms with E-state index in [0.717, 1.165) is 44.5 Å². The molecule has 6 aromatic carbocycles. The van der Waals surface area contributed by atoms with Gasteiger partial charge in [0.2, 0.25) is 0 Å². The van der Waals surface area contributed by atoms with Gasteiger partial charge in [0.25, 0.3) is 11.8 Å². The molecule has 0 aromatic heterocycles. The summed E-state index contributed by atoms with van der Waals surface area (Å²) in [5, 5.41) is 5.90. The van der Waals surface area contributed by atoms with Crippen molar-refractivity contribution < 1.29 is 38.1 Å². The standard InChI is InChI=1S/2C26H27NO4/c2*1-18-6-4-9-22(12-18)17-31-23-11-10-19(2)24(15-23)26(29)27-16-21-8-5-7-20(13-21)14-25(28)30-3/h2*4-13,15H,14,16-17H2,1-3H3,(H,27,29). The molecule has 0 spiro atoms. The summed E-state index contributed by atoms with van der Waals surface area (Å²) < 4.78 is 21.2. The van der Waals surface area contributed by atoms with Crippen molar-refractivity contribution in [3.8, 4) is 11.5 Å². The number of esters is 2. The summed E-state index contributed by atoms with van der Waals surface area (Å²) in [7, 11) is 2.74. The van der Waals surface area contributed by atoms with Crippen molar-refractivity contribution in [3.05, 3.63) is 200 Å². The molecular formula is C52H54N2O8. The Morgan fingerprint density at radius 3 is 1.19 bits per heavy atom. The number of methoxy groups -OCH3 is 2. The number of carbonyl (C=O) groups excluding carboxylic acids is 4. The summed E-state index contributed by atoms with van der Waals surface area (Å²) in [4.78, 5) is 48.5. The van der Waals surface area contributed by atoms with E-state index in [2.05, 4.69) is 22.8 Å². The highest BCUT2D eigenvalue weighted by Gasteiger charge is 2.13. The molecule has 0 aliphatic carbocycles. The topological polar surface area (TPSA) is 129 Å². The minimum atomic E-state index is -0.292. The van der Waals surface area contributed by atoms with Gasteiger partial charge in [-0.15, -0.1) is 0 Å². The van der Waals surface area contributed by atoms with Crippen LogP contribution in [0.3, 0.4) is 0 Å². The van der Waals surface area contributed by atoms with Crippen molar-refractivity contribution >= 4 is 23.8 Å². The molecule has 10 heteroatoms. The van der Waals surface area contributed by atoms with Gasteiger partial charge in [-0.2, -0.15) is 0 Å². The van der Waals surface area contributed by atoms with Gasteiger partial charge < -0.3 is 29.6 Å². The second kappa shape index (κ2) is 23.0. The molecule has 6 rings (SSSR count). The van der Waals surface area contributed by atoms with Crippen LogP contribution in [0, 0.1) is 27.7 Å². The van der Waals surface area contributed by atoms with Gasteiger partial charge in [-0.25, -0.2) is 0 Å². The smallest absolute Gasteiger partial charge is 0.309 e. The van der Waals surface area contributed by atoms with Crippen molar-refractivity contribution in [3.63, 3.8) is 0 Å². The number of hydrogen-bond acceptors (Lipinski definition) is 8. The van der Waals surface area contributed by atoms with E-state index < -0.39 is 0 Å². The fraction of sp³-hybridized carbons (Fsp3) is 0.231. The Balaban J connectivity index is 0.000000234. The maximum absolute atomic E-state index is 12.8. The van der Waals surface area contributed by atoms with Crippen LogP contribution in [-0.2, 0) is 58.2 Å². The van der Waals surface area contributed by atoms with Gasteiger partial charge in [-0.1, -0.05) is 120 Å². The first-order chi connectivity index (χ1) is 29.9. The number of amides is 2. The van der Waals surface area contributed by atoms with Crippen LogP contribution >= 0.6 is 0 Å². The number of aryl methyl sites for hydroxylation is 4. The van der Waals surface area contributed by atoms with Gasteiger partial charge >= 0.3 is 11.9 Å². The molecule has 2 amide bonds. The van der Waals surface area contributed by atoms with E-state index in [0.29, 0.717) is 48.9 Å². The molecule has 0 fully saturated rings. The lowest BCUT2D eigenvalue weighted by atomic mass is 10.1. The van der Waals surface area contributed by atoms with E-state index in [1.807, 2.05) is 137 Å². The fourth-order valence-corrected chi connectivity index (χ4v) is 6.54. The zero-order valence-electron chi connectivity index (χ0n) is 36.2. The summed E-state index contributed by atoms with van der Waals surface area (Å²) in [6, 6.07) is 42.4. The van der Waals surface area contributed by atoms with Gasteiger partial charge in [0.05, 0.1) is 27.1 Å². The molecular weight excluding hydrogens is 781 g/mol. The van der Waals surface area contributed by atoms with E-state index in [9.17, 15) is 19.2 Å². The summed E-state index contributed by atoms with van der Waals surface area (Å²) in [5.74, 6) is 0.377. The number of ether oxygens (including phenoxy) is 4. The van der Waals surface area contributed by atoms with Gasteiger partial charge in [0.1, 0.15) is 24.7 Å². The molecule has 10 nitrogen and oxygen atoms in total. The van der Waals surface area contributed by atoms with Crippen molar-refractivity contribution in [2.45, 2.75) is 66.8 Å². The maximum Gasteiger partial charge on any atom is 0.309 e. The van der Waals surface area contributed by atoms with E-state index in [1.54, 1.807) is 12.1 Å². The zero-order chi connectivity index (χ0) is 44.4. The maximum atomic E-state index is 12.8. The Morgan fingerprint density at radius 2 is 0.806 bits per heavy atom. The number of rotatable bonds is 16. The molecule has 0 unspecified atom stereocenters. The average Bonchev–Trinajstić information content (AvgIpc) is 3.27. The average molecular weight is 835 g/mol. The zero-order valence-corrected chi connectivity index (χ0v) is 36.2. The quantitative estimate of drug-likeness (QED) is 0.0925. The minimum absolute atomic E-state index is 0.170. The summed E-state index contributed by atoms with van der Waals surface area (Å²) in [6.07, 6.45) is 0.412. The molecule has 0 saturated heterocycles. The van der Waals surface area contributed by atoms with Gasteiger partial charge in [0.15, 0.2) is 0 Å². The monoisotopic (exact) mass is 834 g/mol. The van der Waals surface area contributed by atoms with Crippen LogP contribution in [0.1, 0.15) is 76.4 Å². The summed E-state index contributed by atoms with van der Waals surface area (Å²) in [6.45, 7) is 9.50. The highest BCUT2D eigenvalue weighted by Crippen LogP contribution is 2.21. The Kier molecular flexibility index (Phi) is 17.0. The Morgan fingerprint density at radius 1 is 0.435 bits per heavy atom. The molecule has 0 heterocycles. The predicted molar refractivity (Wildman–Crippen MR) is 240 cm³/mol. The second-order valence-corrected chi connectivity index (χ2v) is 15.0. The number of hydrogen-bond donors (Lipinski definition) is 2. The molecule has 62 heavy (non-hydrogen) atoms. The molecule has 0 saturated carbocycles. The van der Waals surface area contributed by atoms with Crippen LogP contribution in [-0.4, -0.2) is 38.0 Å². The van der Waals surface area contributed by atoms with Gasteiger partial charge in [0, 0.05) is 24.2 Å². The molecule has 0 atom stereocenters. The van der Waals surface area contributed by atoms with Gasteiger partial charge in [-0.05, 0) is 96.5 Å². The largest absolute Gasteiger partial charge is 0.489 e. The van der Waals surface area contributed by atoms with Gasteiger partial charge in [-0.3, -0.25) is 19.2 Å². The number of carbonyl (C=O) groups is 4. The van der Waals surface area contributed by atoms with Crippen LogP contribution in [0.15, 0.2) is 133 Å². The lowest BCUT2D eigenvalue weighted by molar-refractivity contribution is -0.140. The Bertz CT molecular complexity index is 2320. The summed E-state index contributed by atoms with van der Waals surface area (Å²) >= 11 is 0. The molecule has 0 aliphatic heterocycles. The van der Waals surface area contributed by atoms with Crippen molar-refractivity contribution in [1.82, 2.24) is 10.6 Å². The van der Waals surface area contributed by atoms with Crippen molar-refractivity contribution in [2.75, 3.05) is 14.2 Å². The molecule has 2 N–H and O–H groups in total. The SMILES string of the molecule is COC(=O)Cc1cccc(CNC(=O)c2cc(OCc3cccc(C)c3)ccc2C)c1.COC(=O)Cc1cccc(CNC(=O)c2cc(OCc3cccc(C)c3)ccc2C)c1. The molecule has 0 aliphatic rings. The highest BCUT2D eigenvalue weighted by atomic mass is 16.5. The third-order valence-corrected chi connectivity index (χ3v) is 9.92. The third kappa shape index (κ3) is 14.5. The van der Waals surface area contributed by atoms with Crippen LogP contribution < -0.4 is 20.1 Å². The Labute approximate surface area is 364 Å². The van der Waals surface area contributed by atoms with Crippen molar-refractivity contribution in [1.29, 1.82) is 0 Å². The molecule has 0 radical (unpaired) electrons. The third-order valence-electron chi connectivity index (χ3n) is 9.92. The first-order valence-corrected chi connectivity index (χ1v) is 20.3. The predicted octanol–water partition coefficient (Wildman–Crippen LogP) is 9.06. The van der Waals surface area contributed by atoms with E-state index in [-0.39, 0.29) is 36.6 Å². The van der Waals surface area contributed by atoms with Crippen LogP contribution in [0.25, 0.3) is 0 Å². The second-order valence-electron chi connectivity index (χ2n) is 15.0. The minimum Gasteiger partial charge on any atom is -0.489 e. The van der Waals surface area contributed by atoms with E-state index in [4.69, 9.17) is 18.9 Å². The lowest BCUT2D eigenvalue weighted by Crippen LogP contribution is -2.23.